The molecule has 0 saturated carbocycles. The zero-order chi connectivity index (χ0) is 23.4. The van der Waals surface area contributed by atoms with Crippen molar-refractivity contribution < 1.29 is 19.4 Å². The van der Waals surface area contributed by atoms with Gasteiger partial charge in [-0.05, 0) is 43.7 Å². The molecule has 0 aromatic heterocycles. The summed E-state index contributed by atoms with van der Waals surface area (Å²) in [5, 5.41) is 10.1. The molecule has 0 fully saturated rings. The average Bonchev–Trinajstić information content (AvgIpc) is 2.84. The minimum atomic E-state index is -1.15. The number of carbonyl (C=O) groups is 2. The van der Waals surface area contributed by atoms with E-state index < -0.39 is 18.1 Å². The number of aliphatic carboxylic acids is 1. The van der Waals surface area contributed by atoms with Gasteiger partial charge in [0.25, 0.3) is 0 Å². The van der Waals surface area contributed by atoms with E-state index in [1.807, 2.05) is 96.8 Å². The van der Waals surface area contributed by atoms with Crippen LogP contribution in [0, 0.1) is 6.92 Å². The van der Waals surface area contributed by atoms with Crippen LogP contribution >= 0.6 is 0 Å². The lowest BCUT2D eigenvalue weighted by Gasteiger charge is -2.46. The second kappa shape index (κ2) is 9.61. The maximum atomic E-state index is 13.2. The van der Waals surface area contributed by atoms with E-state index >= 15 is 0 Å². The van der Waals surface area contributed by atoms with Crippen molar-refractivity contribution in [1.29, 1.82) is 0 Å². The van der Waals surface area contributed by atoms with Crippen LogP contribution in [0.15, 0.2) is 96.2 Å². The van der Waals surface area contributed by atoms with Crippen LogP contribution in [0.4, 0.5) is 11.4 Å². The van der Waals surface area contributed by atoms with Gasteiger partial charge in [-0.25, -0.2) is 9.59 Å². The maximum Gasteiger partial charge on any atom is 0.355 e. The predicted octanol–water partition coefficient (Wildman–Crippen LogP) is 4.92. The van der Waals surface area contributed by atoms with Crippen molar-refractivity contribution in [3.63, 3.8) is 0 Å². The van der Waals surface area contributed by atoms with E-state index in [1.165, 1.54) is 0 Å². The zero-order valence-corrected chi connectivity index (χ0v) is 18.6. The number of hydrogen-bond acceptors (Lipinski definition) is 5. The van der Waals surface area contributed by atoms with E-state index in [4.69, 9.17) is 4.74 Å². The molecule has 3 aromatic rings. The summed E-state index contributed by atoms with van der Waals surface area (Å²) in [6, 6.07) is 27.1. The highest BCUT2D eigenvalue weighted by molar-refractivity contribution is 6.04. The highest BCUT2D eigenvalue weighted by Gasteiger charge is 2.42. The molecule has 1 heterocycles. The number of rotatable bonds is 6. The molecule has 0 aliphatic carbocycles. The number of para-hydroxylation sites is 1. The predicted molar refractivity (Wildman–Crippen MR) is 128 cm³/mol. The molecule has 33 heavy (non-hydrogen) atoms. The summed E-state index contributed by atoms with van der Waals surface area (Å²) in [6.45, 7) is 3.89. The summed E-state index contributed by atoms with van der Waals surface area (Å²) in [5.41, 5.74) is 3.58. The molecule has 1 unspecified atom stereocenters. The van der Waals surface area contributed by atoms with Crippen LogP contribution in [0.5, 0.6) is 0 Å². The number of hydrogen-bond donors (Lipinski definition) is 1. The van der Waals surface area contributed by atoms with Gasteiger partial charge in [-0.1, -0.05) is 66.2 Å². The summed E-state index contributed by atoms with van der Waals surface area (Å²) in [4.78, 5) is 29.4. The van der Waals surface area contributed by atoms with Crippen LogP contribution in [0.2, 0.25) is 0 Å². The molecule has 0 amide bonds. The van der Waals surface area contributed by atoms with Gasteiger partial charge in [0.1, 0.15) is 11.9 Å². The van der Waals surface area contributed by atoms with Crippen LogP contribution in [-0.4, -0.2) is 30.2 Å². The summed E-state index contributed by atoms with van der Waals surface area (Å²) < 4.78 is 5.34. The molecular formula is C27H26N2O4. The summed E-state index contributed by atoms with van der Waals surface area (Å²) in [5.74, 6) is -1.80. The van der Waals surface area contributed by atoms with E-state index in [9.17, 15) is 14.7 Å². The Balaban J connectivity index is 2.01. The van der Waals surface area contributed by atoms with E-state index in [0.717, 1.165) is 16.8 Å². The Bertz CT molecular complexity index is 1160. The molecule has 1 aliphatic rings. The van der Waals surface area contributed by atoms with Gasteiger partial charge in [0.2, 0.25) is 0 Å². The number of carboxylic acids is 1. The van der Waals surface area contributed by atoms with Gasteiger partial charge >= 0.3 is 11.9 Å². The third kappa shape index (κ3) is 4.46. The van der Waals surface area contributed by atoms with Gasteiger partial charge < -0.3 is 19.6 Å². The molecule has 6 heteroatoms. The molecule has 0 spiro atoms. The number of carboxylic acid groups (broad SMARTS) is 1. The maximum absolute atomic E-state index is 13.2. The Hall–Kier alpha value is -4.06. The molecule has 1 N–H and O–H groups in total. The Morgan fingerprint density at radius 2 is 1.52 bits per heavy atom. The molecule has 0 bridgehead atoms. The molecule has 4 rings (SSSR count). The van der Waals surface area contributed by atoms with Gasteiger partial charge in [-0.3, -0.25) is 0 Å². The smallest absolute Gasteiger partial charge is 0.355 e. The number of benzene rings is 3. The molecule has 6 nitrogen and oxygen atoms in total. The average molecular weight is 443 g/mol. The highest BCUT2D eigenvalue weighted by Crippen LogP contribution is 2.41. The van der Waals surface area contributed by atoms with Gasteiger partial charge in [-0.2, -0.15) is 0 Å². The largest absolute Gasteiger partial charge is 0.478 e. The first-order valence-corrected chi connectivity index (χ1v) is 10.9. The quantitative estimate of drug-likeness (QED) is 0.547. The van der Waals surface area contributed by atoms with Gasteiger partial charge in [0.05, 0.1) is 18.7 Å². The van der Waals surface area contributed by atoms with Crippen LogP contribution in [0.3, 0.4) is 0 Å². The Morgan fingerprint density at radius 1 is 0.909 bits per heavy atom. The highest BCUT2D eigenvalue weighted by atomic mass is 16.5. The van der Waals surface area contributed by atoms with E-state index in [2.05, 4.69) is 0 Å². The zero-order valence-electron chi connectivity index (χ0n) is 18.6. The van der Waals surface area contributed by atoms with Crippen molar-refractivity contribution in [2.75, 3.05) is 23.0 Å². The standard InChI is InChI=1S/C27H26N2O4/c1-3-33-27(32)24-23(26(30)31)18-28(21-12-8-5-9-13-21)25(20-10-6-4-7-11-20)29(24)22-16-14-19(2)15-17-22/h4-17,25H,3,18H2,1-2H3,(H,30,31). The Labute approximate surface area is 193 Å². The van der Waals surface area contributed by atoms with Crippen molar-refractivity contribution >= 4 is 23.3 Å². The van der Waals surface area contributed by atoms with Crippen molar-refractivity contribution in [1.82, 2.24) is 0 Å². The number of nitrogens with zero attached hydrogens (tertiary/aromatic N) is 2. The Kier molecular flexibility index (Phi) is 6.45. The first kappa shape index (κ1) is 22.1. The lowest BCUT2D eigenvalue weighted by Crippen LogP contribution is -2.50. The lowest BCUT2D eigenvalue weighted by molar-refractivity contribution is -0.140. The third-order valence-corrected chi connectivity index (χ3v) is 5.62. The lowest BCUT2D eigenvalue weighted by atomic mass is 9.99. The molecule has 0 radical (unpaired) electrons. The third-order valence-electron chi connectivity index (χ3n) is 5.62. The number of ether oxygens (including phenoxy) is 1. The van der Waals surface area contributed by atoms with Crippen molar-refractivity contribution in [3.8, 4) is 0 Å². The molecule has 1 aliphatic heterocycles. The summed E-state index contributed by atoms with van der Waals surface area (Å²) in [7, 11) is 0. The van der Waals surface area contributed by atoms with Crippen molar-refractivity contribution in [2.45, 2.75) is 20.0 Å². The molecule has 3 aromatic carbocycles. The van der Waals surface area contributed by atoms with Crippen molar-refractivity contribution in [3.05, 3.63) is 107 Å². The van der Waals surface area contributed by atoms with Crippen LogP contribution in [-0.2, 0) is 14.3 Å². The topological polar surface area (TPSA) is 70.1 Å². The first-order chi connectivity index (χ1) is 16.0. The number of carbonyl (C=O) groups excluding carboxylic acids is 1. The normalized spacial score (nSPS) is 16.0. The second-order valence-corrected chi connectivity index (χ2v) is 7.81. The molecule has 168 valence electrons. The second-order valence-electron chi connectivity index (χ2n) is 7.81. The van der Waals surface area contributed by atoms with E-state index in [0.29, 0.717) is 5.69 Å². The van der Waals surface area contributed by atoms with E-state index in [-0.39, 0.29) is 24.4 Å². The molecule has 0 saturated heterocycles. The van der Waals surface area contributed by atoms with Crippen LogP contribution in [0.25, 0.3) is 0 Å². The number of anilines is 2. The van der Waals surface area contributed by atoms with Gasteiger partial charge in [0, 0.05) is 11.4 Å². The minimum Gasteiger partial charge on any atom is -0.478 e. The first-order valence-electron chi connectivity index (χ1n) is 10.9. The number of esters is 1. The number of aryl methyl sites for hydroxylation is 1. The fourth-order valence-corrected chi connectivity index (χ4v) is 4.11. The molecular weight excluding hydrogens is 416 g/mol. The fraction of sp³-hybridized carbons (Fsp3) is 0.185. The minimum absolute atomic E-state index is 0.00920. The monoisotopic (exact) mass is 442 g/mol. The van der Waals surface area contributed by atoms with E-state index in [1.54, 1.807) is 11.8 Å². The summed E-state index contributed by atoms with van der Waals surface area (Å²) in [6.07, 6.45) is -0.459. The molecule has 1 atom stereocenters. The van der Waals surface area contributed by atoms with Gasteiger partial charge in [-0.15, -0.1) is 0 Å². The van der Waals surface area contributed by atoms with Crippen molar-refractivity contribution in [2.24, 2.45) is 0 Å². The fourth-order valence-electron chi connectivity index (χ4n) is 4.11. The van der Waals surface area contributed by atoms with Gasteiger partial charge in [0.15, 0.2) is 0 Å². The van der Waals surface area contributed by atoms with Crippen LogP contribution in [0.1, 0.15) is 24.2 Å². The SMILES string of the molecule is CCOC(=O)C1=C(C(=O)O)CN(c2ccccc2)C(c2ccccc2)N1c1ccc(C)cc1. The summed E-state index contributed by atoms with van der Waals surface area (Å²) >= 11 is 0. The Morgan fingerprint density at radius 3 is 2.09 bits per heavy atom. The van der Waals surface area contributed by atoms with Crippen LogP contribution < -0.4 is 9.80 Å².